The Morgan fingerprint density at radius 1 is 0.844 bits per heavy atom. The molecule has 0 spiro atoms. The summed E-state index contributed by atoms with van der Waals surface area (Å²) in [6.07, 6.45) is 0.136. The molecule has 32 heavy (non-hydrogen) atoms. The lowest BCUT2D eigenvalue weighted by Crippen LogP contribution is -2.38. The lowest BCUT2D eigenvalue weighted by molar-refractivity contribution is -0.0101. The molecule has 0 aromatic heterocycles. The summed E-state index contributed by atoms with van der Waals surface area (Å²) < 4.78 is 17.1. The fraction of sp³-hybridized carbons (Fsp3) is 0.333. The molecular formula is C27H31NO4. The van der Waals surface area contributed by atoms with Crippen LogP contribution in [0.1, 0.15) is 28.4 Å². The molecule has 0 bridgehead atoms. The average Bonchev–Trinajstić information content (AvgIpc) is 2.84. The van der Waals surface area contributed by atoms with Gasteiger partial charge in [0.15, 0.2) is 11.5 Å². The first kappa shape index (κ1) is 22.3. The van der Waals surface area contributed by atoms with E-state index in [1.54, 1.807) is 14.2 Å². The number of ether oxygens (including phenoxy) is 3. The summed E-state index contributed by atoms with van der Waals surface area (Å²) in [7, 11) is 3.32. The van der Waals surface area contributed by atoms with Crippen molar-refractivity contribution in [2.45, 2.75) is 25.2 Å². The molecule has 0 saturated carbocycles. The maximum Gasteiger partial charge on any atom is 0.161 e. The van der Waals surface area contributed by atoms with E-state index in [0.29, 0.717) is 6.54 Å². The number of aliphatic hydroxyl groups excluding tert-OH is 1. The quantitative estimate of drug-likeness (QED) is 0.547. The molecule has 1 aliphatic rings. The van der Waals surface area contributed by atoms with Crippen molar-refractivity contribution in [2.75, 3.05) is 33.9 Å². The molecule has 0 fully saturated rings. The van der Waals surface area contributed by atoms with Gasteiger partial charge in [0.25, 0.3) is 0 Å². The van der Waals surface area contributed by atoms with E-state index in [9.17, 15) is 5.11 Å². The molecule has 1 heterocycles. The van der Waals surface area contributed by atoms with E-state index < -0.39 is 6.10 Å². The van der Waals surface area contributed by atoms with Crippen LogP contribution in [0.15, 0.2) is 72.8 Å². The average molecular weight is 434 g/mol. The normalized spacial score (nSPS) is 14.8. The van der Waals surface area contributed by atoms with Gasteiger partial charge in [-0.1, -0.05) is 60.7 Å². The van der Waals surface area contributed by atoms with Gasteiger partial charge in [0.1, 0.15) is 6.10 Å². The summed E-state index contributed by atoms with van der Waals surface area (Å²) in [5.74, 6) is 1.51. The Morgan fingerprint density at radius 2 is 1.41 bits per heavy atom. The minimum absolute atomic E-state index is 0.203. The standard InChI is InChI=1S/C27H31NO4/c1-30-25-15-22-13-14-28(17-23(22)16-26(25)31-2)18-24(29)19-32-27(20-9-5-3-6-10-20)21-11-7-4-8-12-21/h3-12,15-16,24,27,29H,13-14,17-19H2,1-2H3. The number of benzene rings is 3. The molecule has 168 valence electrons. The van der Waals surface area contributed by atoms with Crippen LogP contribution in [0.4, 0.5) is 0 Å². The lowest BCUT2D eigenvalue weighted by atomic mass is 9.98. The Labute approximate surface area is 190 Å². The van der Waals surface area contributed by atoms with E-state index in [2.05, 4.69) is 35.2 Å². The molecule has 1 unspecified atom stereocenters. The Balaban J connectivity index is 1.39. The van der Waals surface area contributed by atoms with Crippen molar-refractivity contribution >= 4 is 0 Å². The first-order valence-electron chi connectivity index (χ1n) is 11.0. The molecule has 0 radical (unpaired) electrons. The van der Waals surface area contributed by atoms with Crippen LogP contribution in [0.3, 0.4) is 0 Å². The van der Waals surface area contributed by atoms with E-state index in [1.807, 2.05) is 42.5 Å². The van der Waals surface area contributed by atoms with Crippen molar-refractivity contribution in [2.24, 2.45) is 0 Å². The zero-order valence-electron chi connectivity index (χ0n) is 18.7. The zero-order valence-corrected chi connectivity index (χ0v) is 18.7. The Hall–Kier alpha value is -2.86. The Morgan fingerprint density at radius 3 is 1.97 bits per heavy atom. The van der Waals surface area contributed by atoms with Gasteiger partial charge in [-0.2, -0.15) is 0 Å². The monoisotopic (exact) mass is 433 g/mol. The van der Waals surface area contributed by atoms with E-state index in [-0.39, 0.29) is 12.7 Å². The molecule has 1 aliphatic heterocycles. The predicted molar refractivity (Wildman–Crippen MR) is 125 cm³/mol. The number of nitrogens with zero attached hydrogens (tertiary/aromatic N) is 1. The second kappa shape index (κ2) is 10.6. The molecular weight excluding hydrogens is 402 g/mol. The highest BCUT2D eigenvalue weighted by molar-refractivity contribution is 5.48. The van der Waals surface area contributed by atoms with Crippen LogP contribution >= 0.6 is 0 Å². The highest BCUT2D eigenvalue weighted by atomic mass is 16.5. The minimum Gasteiger partial charge on any atom is -0.493 e. The van der Waals surface area contributed by atoms with Crippen molar-refractivity contribution in [3.63, 3.8) is 0 Å². The highest BCUT2D eigenvalue weighted by Gasteiger charge is 2.22. The molecule has 3 aromatic rings. The van der Waals surface area contributed by atoms with Gasteiger partial charge in [0.2, 0.25) is 0 Å². The lowest BCUT2D eigenvalue weighted by Gasteiger charge is -2.31. The number of aliphatic hydroxyl groups is 1. The summed E-state index contributed by atoms with van der Waals surface area (Å²) >= 11 is 0. The third-order valence-corrected chi connectivity index (χ3v) is 5.93. The number of fused-ring (bicyclic) bond motifs is 1. The second-order valence-corrected chi connectivity index (χ2v) is 8.15. The van der Waals surface area contributed by atoms with Crippen molar-refractivity contribution in [3.8, 4) is 11.5 Å². The Kier molecular flexibility index (Phi) is 7.43. The van der Waals surface area contributed by atoms with Gasteiger partial charge in [0.05, 0.1) is 26.9 Å². The fourth-order valence-corrected chi connectivity index (χ4v) is 4.30. The topological polar surface area (TPSA) is 51.2 Å². The first-order chi connectivity index (χ1) is 15.7. The molecule has 1 N–H and O–H groups in total. The van der Waals surface area contributed by atoms with Gasteiger partial charge in [-0.25, -0.2) is 0 Å². The summed E-state index contributed by atoms with van der Waals surface area (Å²) in [6.45, 7) is 2.49. The minimum atomic E-state index is -0.577. The van der Waals surface area contributed by atoms with Crippen LogP contribution < -0.4 is 9.47 Å². The van der Waals surface area contributed by atoms with E-state index >= 15 is 0 Å². The highest BCUT2D eigenvalue weighted by Crippen LogP contribution is 2.33. The molecule has 1 atom stereocenters. The van der Waals surface area contributed by atoms with Crippen LogP contribution in [0, 0.1) is 0 Å². The third-order valence-electron chi connectivity index (χ3n) is 5.93. The van der Waals surface area contributed by atoms with Crippen molar-refractivity contribution in [1.29, 1.82) is 0 Å². The van der Waals surface area contributed by atoms with Crippen LogP contribution in [0.5, 0.6) is 11.5 Å². The summed E-state index contributed by atoms with van der Waals surface area (Å²) in [6, 6.07) is 24.4. The van der Waals surface area contributed by atoms with Crippen LogP contribution in [-0.4, -0.2) is 50.0 Å². The molecule has 0 amide bonds. The van der Waals surface area contributed by atoms with Crippen LogP contribution in [-0.2, 0) is 17.7 Å². The van der Waals surface area contributed by atoms with E-state index in [1.165, 1.54) is 11.1 Å². The van der Waals surface area contributed by atoms with E-state index in [0.717, 1.165) is 42.1 Å². The van der Waals surface area contributed by atoms with Crippen molar-refractivity contribution in [3.05, 3.63) is 95.1 Å². The Bertz CT molecular complexity index is 954. The predicted octanol–water partition coefficient (Wildman–Crippen LogP) is 4.23. The number of β-amino-alcohol motifs (C(OH)–C–C–N with tert-alkyl or cyclic N) is 1. The SMILES string of the molecule is COc1cc2c(cc1OC)CN(CC(O)COC(c1ccccc1)c1ccccc1)CC2. The molecule has 3 aromatic carbocycles. The fourth-order valence-electron chi connectivity index (χ4n) is 4.30. The molecule has 4 rings (SSSR count). The zero-order chi connectivity index (χ0) is 22.3. The number of hydrogen-bond acceptors (Lipinski definition) is 5. The summed E-state index contributed by atoms with van der Waals surface area (Å²) in [5.41, 5.74) is 4.66. The van der Waals surface area contributed by atoms with Gasteiger partial charge in [0, 0.05) is 19.6 Å². The first-order valence-corrected chi connectivity index (χ1v) is 11.0. The van der Waals surface area contributed by atoms with Crippen molar-refractivity contribution in [1.82, 2.24) is 4.90 Å². The third kappa shape index (κ3) is 5.30. The number of methoxy groups -OCH3 is 2. The number of hydrogen-bond donors (Lipinski definition) is 1. The van der Waals surface area contributed by atoms with Gasteiger partial charge in [-0.05, 0) is 40.8 Å². The van der Waals surface area contributed by atoms with Gasteiger partial charge >= 0.3 is 0 Å². The maximum absolute atomic E-state index is 10.8. The van der Waals surface area contributed by atoms with E-state index in [4.69, 9.17) is 14.2 Å². The van der Waals surface area contributed by atoms with Crippen LogP contribution in [0.2, 0.25) is 0 Å². The molecule has 0 saturated heterocycles. The van der Waals surface area contributed by atoms with Crippen LogP contribution in [0.25, 0.3) is 0 Å². The van der Waals surface area contributed by atoms with Gasteiger partial charge < -0.3 is 19.3 Å². The molecule has 0 aliphatic carbocycles. The largest absolute Gasteiger partial charge is 0.493 e. The summed E-state index contributed by atoms with van der Waals surface area (Å²) in [5, 5.41) is 10.8. The van der Waals surface area contributed by atoms with Crippen molar-refractivity contribution < 1.29 is 19.3 Å². The summed E-state index contributed by atoms with van der Waals surface area (Å²) in [4.78, 5) is 2.27. The second-order valence-electron chi connectivity index (χ2n) is 8.15. The molecule has 5 heteroatoms. The smallest absolute Gasteiger partial charge is 0.161 e. The maximum atomic E-state index is 10.8. The number of rotatable bonds is 9. The van der Waals surface area contributed by atoms with Gasteiger partial charge in [-0.3, -0.25) is 4.90 Å². The molecule has 5 nitrogen and oxygen atoms in total. The van der Waals surface area contributed by atoms with Gasteiger partial charge in [-0.15, -0.1) is 0 Å².